The first kappa shape index (κ1) is 21.7. The Kier molecular flexibility index (Phi) is 6.06. The summed E-state index contributed by atoms with van der Waals surface area (Å²) >= 11 is 0. The molecule has 1 fully saturated rings. The van der Waals surface area contributed by atoms with E-state index in [-0.39, 0.29) is 23.3 Å². The number of hydrogen-bond acceptors (Lipinski definition) is 6. The second-order valence-electron chi connectivity index (χ2n) is 7.34. The van der Waals surface area contributed by atoms with Crippen LogP contribution in [-0.4, -0.2) is 56.4 Å². The number of sulfonamides is 1. The molecular weight excluding hydrogens is 430 g/mol. The fourth-order valence-corrected chi connectivity index (χ4v) is 4.76. The first-order valence-electron chi connectivity index (χ1n) is 9.97. The van der Waals surface area contributed by atoms with Crippen molar-refractivity contribution in [2.45, 2.75) is 17.4 Å². The molecule has 0 aliphatic carbocycles. The number of aromatic nitrogens is 1. The van der Waals surface area contributed by atoms with E-state index in [2.05, 4.69) is 14.7 Å². The number of carbonyl (C=O) groups is 1. The van der Waals surface area contributed by atoms with Crippen molar-refractivity contribution in [1.29, 1.82) is 0 Å². The van der Waals surface area contributed by atoms with Gasteiger partial charge < -0.3 is 15.4 Å². The van der Waals surface area contributed by atoms with Crippen molar-refractivity contribution in [1.82, 2.24) is 14.6 Å². The van der Waals surface area contributed by atoms with E-state index in [0.29, 0.717) is 24.4 Å². The molecule has 4 rings (SSSR count). The van der Waals surface area contributed by atoms with E-state index >= 15 is 0 Å². The molecule has 1 aliphatic rings. The number of fused-ring (bicyclic) bond motifs is 1. The second-order valence-corrected chi connectivity index (χ2v) is 9.05. The molecule has 2 heterocycles. The summed E-state index contributed by atoms with van der Waals surface area (Å²) in [6, 6.07) is 14.7. The Morgan fingerprint density at radius 3 is 2.78 bits per heavy atom. The van der Waals surface area contributed by atoms with E-state index in [1.165, 1.54) is 11.0 Å². The number of nitrogens with zero attached hydrogens (tertiary/aromatic N) is 3. The Balaban J connectivity index is 1.46. The van der Waals surface area contributed by atoms with Crippen molar-refractivity contribution in [3.05, 3.63) is 66.5 Å². The second kappa shape index (κ2) is 8.93. The molecule has 3 N–H and O–H groups in total. The number of carbonyl (C=O) groups excluding carboxylic acids is 1. The highest BCUT2D eigenvalue weighted by Gasteiger charge is 2.34. The summed E-state index contributed by atoms with van der Waals surface area (Å²) in [5, 5.41) is 1.61. The fourth-order valence-electron chi connectivity index (χ4n) is 3.50. The van der Waals surface area contributed by atoms with Crippen LogP contribution in [0.4, 0.5) is 0 Å². The van der Waals surface area contributed by atoms with Gasteiger partial charge in [-0.25, -0.2) is 13.4 Å². The normalized spacial score (nSPS) is 17.2. The number of hydrogen-bond donors (Lipinski definition) is 2. The van der Waals surface area contributed by atoms with Gasteiger partial charge in [0.05, 0.1) is 12.0 Å². The molecule has 0 radical (unpaired) electrons. The van der Waals surface area contributed by atoms with E-state index in [0.717, 1.165) is 10.8 Å². The molecule has 1 saturated heterocycles. The number of benzene rings is 2. The Morgan fingerprint density at radius 2 is 2.03 bits per heavy atom. The third-order valence-electron chi connectivity index (χ3n) is 5.26. The molecule has 0 bridgehead atoms. The van der Waals surface area contributed by atoms with E-state index < -0.39 is 16.1 Å². The van der Waals surface area contributed by atoms with Crippen LogP contribution in [0.15, 0.2) is 70.7 Å². The summed E-state index contributed by atoms with van der Waals surface area (Å²) in [5.74, 6) is 0.509. The van der Waals surface area contributed by atoms with Gasteiger partial charge in [0, 0.05) is 12.7 Å². The minimum Gasteiger partial charge on any atom is -0.497 e. The monoisotopic (exact) mass is 453 g/mol. The third kappa shape index (κ3) is 4.56. The zero-order chi connectivity index (χ0) is 22.7. The highest BCUT2D eigenvalue weighted by molar-refractivity contribution is 7.89. The SMILES string of the molecule is COc1ccc2ccc(S(=O)(=O)N[C@H]3CCN(CN=C(N)c4ccccn4)C3=O)cc2c1. The van der Waals surface area contributed by atoms with Gasteiger partial charge in [-0.15, -0.1) is 0 Å². The molecule has 1 atom stereocenters. The summed E-state index contributed by atoms with van der Waals surface area (Å²) in [6.45, 7) is 0.412. The van der Waals surface area contributed by atoms with E-state index in [9.17, 15) is 13.2 Å². The highest BCUT2D eigenvalue weighted by atomic mass is 32.2. The molecule has 2 aromatic carbocycles. The Labute approximate surface area is 186 Å². The number of methoxy groups -OCH3 is 1. The molecule has 1 aliphatic heterocycles. The van der Waals surface area contributed by atoms with Crippen molar-refractivity contribution in [2.24, 2.45) is 10.7 Å². The molecule has 1 amide bonds. The molecule has 10 heteroatoms. The van der Waals surface area contributed by atoms with Crippen LogP contribution in [0.5, 0.6) is 5.75 Å². The van der Waals surface area contributed by atoms with Gasteiger partial charge in [-0.3, -0.25) is 9.78 Å². The van der Waals surface area contributed by atoms with Crippen molar-refractivity contribution in [3.63, 3.8) is 0 Å². The smallest absolute Gasteiger partial charge is 0.242 e. The molecule has 3 aromatic rings. The Morgan fingerprint density at radius 1 is 1.22 bits per heavy atom. The van der Waals surface area contributed by atoms with Gasteiger partial charge in [0.2, 0.25) is 15.9 Å². The lowest BCUT2D eigenvalue weighted by atomic mass is 10.1. The minimum atomic E-state index is -3.89. The van der Waals surface area contributed by atoms with Crippen LogP contribution in [0.3, 0.4) is 0 Å². The molecule has 32 heavy (non-hydrogen) atoms. The number of amidine groups is 1. The lowest BCUT2D eigenvalue weighted by Gasteiger charge is -2.15. The number of likely N-dealkylation sites (tertiary alicyclic amines) is 1. The number of pyridine rings is 1. The van der Waals surface area contributed by atoms with Crippen molar-refractivity contribution >= 4 is 32.5 Å². The molecule has 0 unspecified atom stereocenters. The number of nitrogens with one attached hydrogen (secondary N) is 1. The molecule has 166 valence electrons. The summed E-state index contributed by atoms with van der Waals surface area (Å²) in [5.41, 5.74) is 6.44. The number of amides is 1. The largest absolute Gasteiger partial charge is 0.497 e. The van der Waals surface area contributed by atoms with Crippen molar-refractivity contribution in [3.8, 4) is 5.75 Å². The average molecular weight is 454 g/mol. The van der Waals surface area contributed by atoms with Crippen molar-refractivity contribution < 1.29 is 17.9 Å². The average Bonchev–Trinajstić information content (AvgIpc) is 3.15. The molecule has 0 saturated carbocycles. The van der Waals surface area contributed by atoms with Gasteiger partial charge in [0.15, 0.2) is 0 Å². The standard InChI is InChI=1S/C22H23N5O4S/c1-31-17-7-5-15-6-8-18(13-16(15)12-17)32(29,30)26-20-9-11-27(22(20)28)14-25-21(23)19-4-2-3-10-24-19/h2-8,10,12-13,20,26H,9,11,14H2,1H3,(H2,23,25)/t20-/m0/s1. The molecular formula is C22H23N5O4S. The first-order chi connectivity index (χ1) is 15.4. The van der Waals surface area contributed by atoms with Gasteiger partial charge in [-0.1, -0.05) is 18.2 Å². The van der Waals surface area contributed by atoms with E-state index in [1.807, 2.05) is 12.1 Å². The van der Waals surface area contributed by atoms with Crippen LogP contribution in [0.2, 0.25) is 0 Å². The molecule has 1 aromatic heterocycles. The summed E-state index contributed by atoms with van der Waals surface area (Å²) < 4.78 is 33.6. The number of ether oxygens (including phenoxy) is 1. The molecule has 9 nitrogen and oxygen atoms in total. The maximum Gasteiger partial charge on any atom is 0.242 e. The Hall–Kier alpha value is -3.50. The summed E-state index contributed by atoms with van der Waals surface area (Å²) in [7, 11) is -2.34. The van der Waals surface area contributed by atoms with Crippen LogP contribution in [0.1, 0.15) is 12.1 Å². The van der Waals surface area contributed by atoms with Crippen LogP contribution in [0.25, 0.3) is 10.8 Å². The summed E-state index contributed by atoms with van der Waals surface area (Å²) in [6.07, 6.45) is 1.95. The topological polar surface area (TPSA) is 127 Å². The van der Waals surface area contributed by atoms with E-state index in [4.69, 9.17) is 10.5 Å². The zero-order valence-corrected chi connectivity index (χ0v) is 18.2. The third-order valence-corrected chi connectivity index (χ3v) is 6.73. The number of nitrogens with two attached hydrogens (primary N) is 1. The Bertz CT molecular complexity index is 1280. The fraction of sp³-hybridized carbons (Fsp3) is 0.227. The lowest BCUT2D eigenvalue weighted by Crippen LogP contribution is -2.41. The van der Waals surface area contributed by atoms with Gasteiger partial charge in [0.25, 0.3) is 0 Å². The maximum atomic E-state index is 12.9. The maximum absolute atomic E-state index is 12.9. The van der Waals surface area contributed by atoms with Gasteiger partial charge in [-0.05, 0) is 53.6 Å². The molecule has 0 spiro atoms. The first-order valence-corrected chi connectivity index (χ1v) is 11.5. The van der Waals surface area contributed by atoms with Crippen LogP contribution >= 0.6 is 0 Å². The quantitative estimate of drug-likeness (QED) is 0.412. The summed E-state index contributed by atoms with van der Waals surface area (Å²) in [4.78, 5) is 22.6. The van der Waals surface area contributed by atoms with Crippen LogP contribution < -0.4 is 15.2 Å². The zero-order valence-electron chi connectivity index (χ0n) is 17.4. The van der Waals surface area contributed by atoms with Gasteiger partial charge in [-0.2, -0.15) is 4.72 Å². The number of rotatable bonds is 7. The number of aliphatic imine (C=N–C) groups is 1. The van der Waals surface area contributed by atoms with Crippen LogP contribution in [-0.2, 0) is 14.8 Å². The highest BCUT2D eigenvalue weighted by Crippen LogP contribution is 2.24. The van der Waals surface area contributed by atoms with Gasteiger partial charge in [0.1, 0.15) is 30.0 Å². The predicted molar refractivity (Wildman–Crippen MR) is 121 cm³/mol. The van der Waals surface area contributed by atoms with Crippen molar-refractivity contribution in [2.75, 3.05) is 20.3 Å². The lowest BCUT2D eigenvalue weighted by molar-refractivity contribution is -0.128. The van der Waals surface area contributed by atoms with Gasteiger partial charge >= 0.3 is 0 Å². The van der Waals surface area contributed by atoms with E-state index in [1.54, 1.807) is 49.7 Å². The predicted octanol–water partition coefficient (Wildman–Crippen LogP) is 1.49. The van der Waals surface area contributed by atoms with Crippen LogP contribution in [0, 0.1) is 0 Å². The minimum absolute atomic E-state index is 0.0369.